The van der Waals surface area contributed by atoms with E-state index < -0.39 is 0 Å². The lowest BCUT2D eigenvalue weighted by molar-refractivity contribution is 1.15. The molecule has 19 heavy (non-hydrogen) atoms. The van der Waals surface area contributed by atoms with Crippen molar-refractivity contribution in [1.29, 1.82) is 5.26 Å². The highest BCUT2D eigenvalue weighted by Crippen LogP contribution is 2.33. The largest absolute Gasteiger partial charge is 0.383 e. The summed E-state index contributed by atoms with van der Waals surface area (Å²) in [6, 6.07) is 8.40. The Kier molecular flexibility index (Phi) is 3.26. The number of nitrogens with two attached hydrogens (primary N) is 1. The Morgan fingerprint density at radius 3 is 2.42 bits per heavy atom. The zero-order valence-electron chi connectivity index (χ0n) is 11.7. The van der Waals surface area contributed by atoms with Crippen molar-refractivity contribution in [2.24, 2.45) is 0 Å². The fraction of sp³-hybridized carbons (Fsp3) is 0.250. The fourth-order valence-corrected chi connectivity index (χ4v) is 2.36. The van der Waals surface area contributed by atoms with Crippen LogP contribution in [0, 0.1) is 39.0 Å². The molecule has 0 bridgehead atoms. The molecule has 0 amide bonds. The number of nitrogens with zero attached hydrogens (tertiary/aromatic N) is 2. The van der Waals surface area contributed by atoms with E-state index in [0.29, 0.717) is 11.4 Å². The van der Waals surface area contributed by atoms with Crippen molar-refractivity contribution >= 4 is 5.82 Å². The molecule has 0 aliphatic carbocycles. The SMILES string of the molecule is Cc1ccc(-c2c(C)c(C)nc(N)c2C#N)c(C)c1. The van der Waals surface area contributed by atoms with Crippen molar-refractivity contribution in [2.45, 2.75) is 27.7 Å². The molecule has 96 valence electrons. The van der Waals surface area contributed by atoms with Crippen molar-refractivity contribution in [3.63, 3.8) is 0 Å². The first-order valence-electron chi connectivity index (χ1n) is 6.20. The van der Waals surface area contributed by atoms with Crippen molar-refractivity contribution in [2.75, 3.05) is 5.73 Å². The van der Waals surface area contributed by atoms with E-state index >= 15 is 0 Å². The van der Waals surface area contributed by atoms with Crippen LogP contribution in [0.3, 0.4) is 0 Å². The maximum absolute atomic E-state index is 9.35. The Morgan fingerprint density at radius 1 is 1.16 bits per heavy atom. The summed E-state index contributed by atoms with van der Waals surface area (Å²) in [6.45, 7) is 8.01. The van der Waals surface area contributed by atoms with Gasteiger partial charge in [-0.1, -0.05) is 23.8 Å². The van der Waals surface area contributed by atoms with Crippen LogP contribution in [0.2, 0.25) is 0 Å². The van der Waals surface area contributed by atoms with Gasteiger partial charge in [0.25, 0.3) is 0 Å². The molecule has 0 saturated heterocycles. The Hall–Kier alpha value is -2.34. The summed E-state index contributed by atoms with van der Waals surface area (Å²) < 4.78 is 0. The second-order valence-electron chi connectivity index (χ2n) is 4.89. The molecule has 3 nitrogen and oxygen atoms in total. The van der Waals surface area contributed by atoms with Gasteiger partial charge in [-0.3, -0.25) is 0 Å². The normalized spacial score (nSPS) is 10.3. The highest BCUT2D eigenvalue weighted by atomic mass is 14.8. The molecule has 0 fully saturated rings. The molecule has 0 aliphatic heterocycles. The molecular weight excluding hydrogens is 234 g/mol. The Morgan fingerprint density at radius 2 is 1.84 bits per heavy atom. The smallest absolute Gasteiger partial charge is 0.142 e. The number of aromatic nitrogens is 1. The summed E-state index contributed by atoms with van der Waals surface area (Å²) in [6.07, 6.45) is 0. The van der Waals surface area contributed by atoms with Gasteiger partial charge < -0.3 is 5.73 Å². The minimum atomic E-state index is 0.306. The number of hydrogen-bond acceptors (Lipinski definition) is 3. The first-order valence-corrected chi connectivity index (χ1v) is 6.20. The molecule has 0 atom stereocenters. The maximum Gasteiger partial charge on any atom is 0.142 e. The zero-order chi connectivity index (χ0) is 14.2. The minimum Gasteiger partial charge on any atom is -0.383 e. The Balaban J connectivity index is 2.85. The van der Waals surface area contributed by atoms with Crippen molar-refractivity contribution in [3.05, 3.63) is 46.1 Å². The van der Waals surface area contributed by atoms with Crippen LogP contribution in [0.15, 0.2) is 18.2 Å². The molecule has 0 unspecified atom stereocenters. The number of nitriles is 1. The quantitative estimate of drug-likeness (QED) is 0.844. The van der Waals surface area contributed by atoms with E-state index in [-0.39, 0.29) is 0 Å². The summed E-state index contributed by atoms with van der Waals surface area (Å²) in [5, 5.41) is 9.35. The number of aryl methyl sites for hydroxylation is 3. The first-order chi connectivity index (χ1) is 8.95. The van der Waals surface area contributed by atoms with Gasteiger partial charge in [0.15, 0.2) is 0 Å². The lowest BCUT2D eigenvalue weighted by Crippen LogP contribution is -2.03. The van der Waals surface area contributed by atoms with E-state index in [1.54, 1.807) is 0 Å². The average Bonchev–Trinajstić information content (AvgIpc) is 2.34. The van der Waals surface area contributed by atoms with Gasteiger partial charge in [0.05, 0.1) is 0 Å². The highest BCUT2D eigenvalue weighted by Gasteiger charge is 2.16. The molecule has 0 saturated carbocycles. The minimum absolute atomic E-state index is 0.306. The standard InChI is InChI=1S/C16H17N3/c1-9-5-6-13(10(2)7-9)15-11(3)12(4)19-16(18)14(15)8-17/h5-7H,1-4H3,(H2,18,19). The summed E-state index contributed by atoms with van der Waals surface area (Å²) in [7, 11) is 0. The molecule has 1 aromatic carbocycles. The third kappa shape index (κ3) is 2.17. The lowest BCUT2D eigenvalue weighted by Gasteiger charge is -2.15. The van der Waals surface area contributed by atoms with Gasteiger partial charge in [-0.05, 0) is 44.4 Å². The predicted molar refractivity (Wildman–Crippen MR) is 77.7 cm³/mol. The topological polar surface area (TPSA) is 62.7 Å². The van der Waals surface area contributed by atoms with Crippen LogP contribution >= 0.6 is 0 Å². The lowest BCUT2D eigenvalue weighted by atomic mass is 9.91. The summed E-state index contributed by atoms with van der Waals surface area (Å²) in [5.41, 5.74) is 12.5. The first kappa shape index (κ1) is 13.1. The van der Waals surface area contributed by atoms with Crippen LogP contribution in [0.4, 0.5) is 5.82 Å². The van der Waals surface area contributed by atoms with E-state index in [4.69, 9.17) is 5.73 Å². The number of anilines is 1. The van der Waals surface area contributed by atoms with Gasteiger partial charge in [0, 0.05) is 11.3 Å². The summed E-state index contributed by atoms with van der Waals surface area (Å²) >= 11 is 0. The Labute approximate surface area is 113 Å². The molecule has 0 aliphatic rings. The molecule has 2 aromatic rings. The van der Waals surface area contributed by atoms with Crippen molar-refractivity contribution < 1.29 is 0 Å². The van der Waals surface area contributed by atoms with Crippen LogP contribution in [0.1, 0.15) is 27.9 Å². The maximum atomic E-state index is 9.35. The van der Waals surface area contributed by atoms with Gasteiger partial charge in [-0.15, -0.1) is 0 Å². The number of pyridine rings is 1. The van der Waals surface area contributed by atoms with Crippen LogP contribution in [0.5, 0.6) is 0 Å². The van der Waals surface area contributed by atoms with E-state index in [1.807, 2.05) is 19.9 Å². The number of hydrogen-bond donors (Lipinski definition) is 1. The molecule has 0 spiro atoms. The predicted octanol–water partition coefficient (Wildman–Crippen LogP) is 3.44. The monoisotopic (exact) mass is 251 g/mol. The number of rotatable bonds is 1. The molecule has 0 radical (unpaired) electrons. The fourth-order valence-electron chi connectivity index (χ4n) is 2.36. The molecule has 3 heteroatoms. The number of nitrogen functional groups attached to an aromatic ring is 1. The van der Waals surface area contributed by atoms with Gasteiger partial charge in [0.1, 0.15) is 17.5 Å². The van der Waals surface area contributed by atoms with Gasteiger partial charge in [-0.25, -0.2) is 4.98 Å². The van der Waals surface area contributed by atoms with E-state index in [1.165, 1.54) is 5.56 Å². The second kappa shape index (κ2) is 4.74. The van der Waals surface area contributed by atoms with Crippen LogP contribution in [-0.4, -0.2) is 4.98 Å². The zero-order valence-corrected chi connectivity index (χ0v) is 11.7. The molecule has 1 aromatic heterocycles. The van der Waals surface area contributed by atoms with E-state index in [2.05, 4.69) is 37.0 Å². The number of benzene rings is 1. The molecule has 2 rings (SSSR count). The van der Waals surface area contributed by atoms with Gasteiger partial charge in [0.2, 0.25) is 0 Å². The van der Waals surface area contributed by atoms with Crippen LogP contribution in [-0.2, 0) is 0 Å². The van der Waals surface area contributed by atoms with Crippen molar-refractivity contribution in [3.8, 4) is 17.2 Å². The average molecular weight is 251 g/mol. The second-order valence-corrected chi connectivity index (χ2v) is 4.89. The molecule has 1 heterocycles. The third-order valence-electron chi connectivity index (χ3n) is 3.48. The van der Waals surface area contributed by atoms with Gasteiger partial charge >= 0.3 is 0 Å². The summed E-state index contributed by atoms with van der Waals surface area (Å²) in [5.74, 6) is 0.306. The van der Waals surface area contributed by atoms with Crippen molar-refractivity contribution in [1.82, 2.24) is 4.98 Å². The van der Waals surface area contributed by atoms with Crippen LogP contribution in [0.25, 0.3) is 11.1 Å². The highest BCUT2D eigenvalue weighted by molar-refractivity contribution is 5.80. The van der Waals surface area contributed by atoms with Crippen LogP contribution < -0.4 is 5.73 Å². The Bertz CT molecular complexity index is 694. The molecule has 2 N–H and O–H groups in total. The summed E-state index contributed by atoms with van der Waals surface area (Å²) in [4.78, 5) is 4.23. The molecular formula is C16H17N3. The van der Waals surface area contributed by atoms with E-state index in [9.17, 15) is 5.26 Å². The van der Waals surface area contributed by atoms with E-state index in [0.717, 1.165) is 27.9 Å². The third-order valence-corrected chi connectivity index (χ3v) is 3.48. The van der Waals surface area contributed by atoms with Gasteiger partial charge in [-0.2, -0.15) is 5.26 Å².